The number of amides is 1. The van der Waals surface area contributed by atoms with Gasteiger partial charge < -0.3 is 10.6 Å². The molecule has 4 heteroatoms. The number of hydrogen-bond acceptors (Lipinski definition) is 3. The first-order valence-electron chi connectivity index (χ1n) is 4.93. The van der Waals surface area contributed by atoms with Crippen LogP contribution in [0.1, 0.15) is 5.56 Å². The molecule has 16 heavy (non-hydrogen) atoms. The number of anilines is 1. The van der Waals surface area contributed by atoms with Gasteiger partial charge in [-0.3, -0.25) is 9.59 Å². The number of allylic oxidation sites excluding steroid dienone is 1. The number of aldehydes is 1. The van der Waals surface area contributed by atoms with Crippen LogP contribution in [-0.2, 0) is 9.59 Å². The Balaban J connectivity index is 2.82. The lowest BCUT2D eigenvalue weighted by Gasteiger charge is -2.07. The summed E-state index contributed by atoms with van der Waals surface area (Å²) >= 11 is 0. The minimum Gasteiger partial charge on any atom is -0.324 e. The first kappa shape index (κ1) is 12.1. The zero-order valence-electron chi connectivity index (χ0n) is 9.07. The molecule has 0 radical (unpaired) electrons. The maximum atomic E-state index is 11.4. The van der Waals surface area contributed by atoms with Crippen LogP contribution < -0.4 is 10.6 Å². The second kappa shape index (κ2) is 6.53. The van der Waals surface area contributed by atoms with E-state index in [0.717, 1.165) is 5.56 Å². The minimum atomic E-state index is -0.116. The SMILES string of the molecule is CNCC(=O)Nc1ccccc1/C=C/C=O. The Bertz CT molecular complexity index is 400. The van der Waals surface area contributed by atoms with E-state index in [1.54, 1.807) is 19.2 Å². The van der Waals surface area contributed by atoms with Crippen molar-refractivity contribution in [2.45, 2.75) is 0 Å². The number of likely N-dealkylation sites (N-methyl/N-ethyl adjacent to an activating group) is 1. The summed E-state index contributed by atoms with van der Waals surface area (Å²) in [5.74, 6) is -0.116. The van der Waals surface area contributed by atoms with Gasteiger partial charge in [0.2, 0.25) is 5.91 Å². The van der Waals surface area contributed by atoms with Gasteiger partial charge >= 0.3 is 0 Å². The Labute approximate surface area is 94.4 Å². The van der Waals surface area contributed by atoms with Crippen molar-refractivity contribution in [3.8, 4) is 0 Å². The molecule has 0 atom stereocenters. The molecule has 2 N–H and O–H groups in total. The lowest BCUT2D eigenvalue weighted by Crippen LogP contribution is -2.25. The quantitative estimate of drug-likeness (QED) is 0.574. The normalized spacial score (nSPS) is 10.3. The number of hydrogen-bond donors (Lipinski definition) is 2. The molecule has 0 heterocycles. The Morgan fingerprint density at radius 2 is 2.12 bits per heavy atom. The molecule has 0 unspecified atom stereocenters. The van der Waals surface area contributed by atoms with Crippen LogP contribution in [0.2, 0.25) is 0 Å². The van der Waals surface area contributed by atoms with E-state index >= 15 is 0 Å². The first-order chi connectivity index (χ1) is 7.77. The van der Waals surface area contributed by atoms with Gasteiger partial charge in [0, 0.05) is 5.69 Å². The number of carbonyl (C=O) groups is 2. The summed E-state index contributed by atoms with van der Waals surface area (Å²) in [6.45, 7) is 0.256. The van der Waals surface area contributed by atoms with Crippen molar-refractivity contribution in [1.29, 1.82) is 0 Å². The molecule has 0 aromatic heterocycles. The number of rotatable bonds is 5. The van der Waals surface area contributed by atoms with Crippen molar-refractivity contribution in [2.75, 3.05) is 18.9 Å². The molecule has 0 aliphatic carbocycles. The second-order valence-electron chi connectivity index (χ2n) is 3.16. The fraction of sp³-hybridized carbons (Fsp3) is 0.167. The minimum absolute atomic E-state index is 0.116. The van der Waals surface area contributed by atoms with Gasteiger partial charge in [0.05, 0.1) is 6.54 Å². The van der Waals surface area contributed by atoms with Gasteiger partial charge in [-0.15, -0.1) is 0 Å². The van der Waals surface area contributed by atoms with Crippen LogP contribution in [0.5, 0.6) is 0 Å². The fourth-order valence-electron chi connectivity index (χ4n) is 1.25. The number of para-hydroxylation sites is 1. The largest absolute Gasteiger partial charge is 0.324 e. The molecule has 1 aromatic rings. The molecule has 1 amide bonds. The van der Waals surface area contributed by atoms with Crippen molar-refractivity contribution < 1.29 is 9.59 Å². The lowest BCUT2D eigenvalue weighted by molar-refractivity contribution is -0.115. The smallest absolute Gasteiger partial charge is 0.238 e. The summed E-state index contributed by atoms with van der Waals surface area (Å²) < 4.78 is 0. The van der Waals surface area contributed by atoms with Gasteiger partial charge in [-0.1, -0.05) is 18.2 Å². The van der Waals surface area contributed by atoms with E-state index < -0.39 is 0 Å². The number of benzene rings is 1. The highest BCUT2D eigenvalue weighted by Gasteiger charge is 2.02. The maximum absolute atomic E-state index is 11.4. The molecule has 0 bridgehead atoms. The molecule has 0 saturated carbocycles. The molecule has 84 valence electrons. The van der Waals surface area contributed by atoms with E-state index in [4.69, 9.17) is 0 Å². The summed E-state index contributed by atoms with van der Waals surface area (Å²) in [5.41, 5.74) is 1.50. The standard InChI is InChI=1S/C12H14N2O2/c1-13-9-12(16)14-11-7-3-2-5-10(11)6-4-8-15/h2-8,13H,9H2,1H3,(H,14,16)/b6-4+. The highest BCUT2D eigenvalue weighted by molar-refractivity contribution is 5.94. The number of carbonyl (C=O) groups excluding carboxylic acids is 2. The molecule has 0 fully saturated rings. The molecule has 0 saturated heterocycles. The summed E-state index contributed by atoms with van der Waals surface area (Å²) in [6.07, 6.45) is 3.75. The van der Waals surface area contributed by atoms with Gasteiger partial charge in [0.1, 0.15) is 6.29 Å². The zero-order chi connectivity index (χ0) is 11.8. The van der Waals surface area contributed by atoms with Crippen molar-refractivity contribution in [3.05, 3.63) is 35.9 Å². The van der Waals surface area contributed by atoms with Crippen LogP contribution in [0.15, 0.2) is 30.3 Å². The molecule has 0 spiro atoms. The third-order valence-corrected chi connectivity index (χ3v) is 1.93. The van der Waals surface area contributed by atoms with Gasteiger partial charge in [-0.25, -0.2) is 0 Å². The molecule has 1 rings (SSSR count). The number of nitrogens with one attached hydrogen (secondary N) is 2. The van der Waals surface area contributed by atoms with Gasteiger partial charge in [0.15, 0.2) is 0 Å². The van der Waals surface area contributed by atoms with E-state index in [9.17, 15) is 9.59 Å². The van der Waals surface area contributed by atoms with Crippen LogP contribution >= 0.6 is 0 Å². The topological polar surface area (TPSA) is 58.2 Å². The monoisotopic (exact) mass is 218 g/mol. The zero-order valence-corrected chi connectivity index (χ0v) is 9.07. The summed E-state index contributed by atoms with van der Waals surface area (Å²) in [4.78, 5) is 21.6. The first-order valence-corrected chi connectivity index (χ1v) is 4.93. The second-order valence-corrected chi connectivity index (χ2v) is 3.16. The predicted octanol–water partition coefficient (Wildman–Crippen LogP) is 1.06. The van der Waals surface area contributed by atoms with E-state index in [1.807, 2.05) is 18.2 Å². The Kier molecular flexibility index (Phi) is 4.95. The van der Waals surface area contributed by atoms with Crippen LogP contribution in [0.3, 0.4) is 0 Å². The van der Waals surface area contributed by atoms with E-state index in [2.05, 4.69) is 10.6 Å². The molecule has 4 nitrogen and oxygen atoms in total. The Morgan fingerprint density at radius 3 is 2.81 bits per heavy atom. The van der Waals surface area contributed by atoms with Crippen molar-refractivity contribution >= 4 is 24.0 Å². The molecule has 1 aromatic carbocycles. The van der Waals surface area contributed by atoms with Crippen LogP contribution in [-0.4, -0.2) is 25.8 Å². The Morgan fingerprint density at radius 1 is 1.38 bits per heavy atom. The predicted molar refractivity (Wildman–Crippen MR) is 64.1 cm³/mol. The van der Waals surface area contributed by atoms with Gasteiger partial charge in [-0.2, -0.15) is 0 Å². The van der Waals surface area contributed by atoms with Gasteiger partial charge in [0.25, 0.3) is 0 Å². The highest BCUT2D eigenvalue weighted by Crippen LogP contribution is 2.16. The highest BCUT2D eigenvalue weighted by atomic mass is 16.1. The fourth-order valence-corrected chi connectivity index (χ4v) is 1.25. The third kappa shape index (κ3) is 3.67. The third-order valence-electron chi connectivity index (χ3n) is 1.93. The molecular formula is C12H14N2O2. The van der Waals surface area contributed by atoms with E-state index in [1.165, 1.54) is 6.08 Å². The van der Waals surface area contributed by atoms with Gasteiger partial charge in [-0.05, 0) is 30.8 Å². The lowest BCUT2D eigenvalue weighted by atomic mass is 10.1. The molecule has 0 aliphatic heterocycles. The Hall–Kier alpha value is -1.94. The van der Waals surface area contributed by atoms with Crippen molar-refractivity contribution in [3.63, 3.8) is 0 Å². The average Bonchev–Trinajstić information content (AvgIpc) is 2.28. The molecular weight excluding hydrogens is 204 g/mol. The van der Waals surface area contributed by atoms with Crippen LogP contribution in [0.4, 0.5) is 5.69 Å². The summed E-state index contributed by atoms with van der Waals surface area (Å²) in [7, 11) is 1.71. The average molecular weight is 218 g/mol. The maximum Gasteiger partial charge on any atom is 0.238 e. The summed E-state index contributed by atoms with van der Waals surface area (Å²) in [5, 5.41) is 5.52. The van der Waals surface area contributed by atoms with E-state index in [0.29, 0.717) is 12.0 Å². The van der Waals surface area contributed by atoms with Crippen LogP contribution in [0.25, 0.3) is 6.08 Å². The van der Waals surface area contributed by atoms with Crippen molar-refractivity contribution in [2.24, 2.45) is 0 Å². The van der Waals surface area contributed by atoms with Crippen molar-refractivity contribution in [1.82, 2.24) is 5.32 Å². The van der Waals surface area contributed by atoms with Crippen LogP contribution in [0, 0.1) is 0 Å². The molecule has 0 aliphatic rings. The van der Waals surface area contributed by atoms with E-state index in [-0.39, 0.29) is 12.5 Å². The summed E-state index contributed by atoms with van der Waals surface area (Å²) in [6, 6.07) is 7.29.